The summed E-state index contributed by atoms with van der Waals surface area (Å²) in [7, 11) is 2.11. The number of fused-ring (bicyclic) bond motifs is 3. The highest BCUT2D eigenvalue weighted by Crippen LogP contribution is 2.41. The fourth-order valence-corrected chi connectivity index (χ4v) is 5.88. The van der Waals surface area contributed by atoms with Crippen LogP contribution in [0.3, 0.4) is 0 Å². The first-order valence-electron chi connectivity index (χ1n) is 10.9. The van der Waals surface area contributed by atoms with E-state index in [1.165, 1.54) is 16.7 Å². The number of aromatic nitrogens is 2. The zero-order valence-electron chi connectivity index (χ0n) is 18.1. The van der Waals surface area contributed by atoms with Gasteiger partial charge in [0.25, 0.3) is 0 Å². The summed E-state index contributed by atoms with van der Waals surface area (Å²) < 4.78 is 0. The zero-order valence-corrected chi connectivity index (χ0v) is 18.9. The Labute approximate surface area is 191 Å². The first-order chi connectivity index (χ1) is 15.5. The minimum Gasteiger partial charge on any atom is -0.398 e. The normalized spacial score (nSPS) is 19.0. The summed E-state index contributed by atoms with van der Waals surface area (Å²) in [5.41, 5.74) is 9.25. The monoisotopic (exact) mass is 449 g/mol. The van der Waals surface area contributed by atoms with Crippen molar-refractivity contribution in [2.75, 3.05) is 44.3 Å². The molecule has 166 valence electrons. The predicted octanol–water partition coefficient (Wildman–Crippen LogP) is 2.89. The van der Waals surface area contributed by atoms with Gasteiger partial charge in [-0.25, -0.2) is 9.97 Å². The van der Waals surface area contributed by atoms with Crippen molar-refractivity contribution in [1.29, 1.82) is 5.41 Å². The maximum absolute atomic E-state index is 13.1. The minimum atomic E-state index is 0.0515. The maximum atomic E-state index is 13.1. The Bertz CT molecular complexity index is 1180. The quantitative estimate of drug-likeness (QED) is 0.417. The van der Waals surface area contributed by atoms with Gasteiger partial charge in [-0.3, -0.25) is 4.79 Å². The van der Waals surface area contributed by atoms with Crippen LogP contribution in [0.25, 0.3) is 10.2 Å². The molecule has 1 amide bonds. The van der Waals surface area contributed by atoms with Crippen molar-refractivity contribution < 1.29 is 4.79 Å². The maximum Gasteiger partial charge on any atom is 0.226 e. The second-order valence-corrected chi connectivity index (χ2v) is 9.67. The zero-order chi connectivity index (χ0) is 22.2. The molecule has 1 aliphatic heterocycles. The van der Waals surface area contributed by atoms with Crippen LogP contribution in [0.15, 0.2) is 24.5 Å². The highest BCUT2D eigenvalue weighted by molar-refractivity contribution is 7.19. The van der Waals surface area contributed by atoms with Gasteiger partial charge in [-0.1, -0.05) is 0 Å². The third-order valence-electron chi connectivity index (χ3n) is 6.51. The number of nitrogen functional groups attached to an aromatic ring is 1. The molecule has 8 nitrogen and oxygen atoms in total. The van der Waals surface area contributed by atoms with Gasteiger partial charge in [-0.15, -0.1) is 11.3 Å². The Hall–Kier alpha value is -3.04. The molecular formula is C23H27N7OS. The van der Waals surface area contributed by atoms with Gasteiger partial charge in [0.1, 0.15) is 17.0 Å². The molecule has 2 aromatic heterocycles. The lowest BCUT2D eigenvalue weighted by molar-refractivity contribution is -0.137. The first-order valence-corrected chi connectivity index (χ1v) is 11.7. The van der Waals surface area contributed by atoms with E-state index in [-0.39, 0.29) is 5.92 Å². The van der Waals surface area contributed by atoms with Crippen LogP contribution in [0, 0.1) is 11.3 Å². The van der Waals surface area contributed by atoms with Crippen LogP contribution >= 0.6 is 11.3 Å². The van der Waals surface area contributed by atoms with Crippen LogP contribution < -0.4 is 11.1 Å². The standard InChI is InChI=1S/C23H27N7OS/c1-29-6-8-30(9-7-29)23(31)14-2-4-17-19(11-14)32-22-20(17)21(26-13-27-22)28-16-3-5-18(25)15(10-16)12-24/h3,5,10,12-14,24H,2,4,6-9,11,25H2,1H3,(H,26,27,28). The molecule has 0 bridgehead atoms. The number of thiophene rings is 1. The highest BCUT2D eigenvalue weighted by Gasteiger charge is 2.32. The molecule has 0 saturated carbocycles. The van der Waals surface area contributed by atoms with E-state index in [0.717, 1.165) is 67.2 Å². The second kappa shape index (κ2) is 8.48. The van der Waals surface area contributed by atoms with Crippen molar-refractivity contribution in [2.45, 2.75) is 19.3 Å². The molecule has 1 fully saturated rings. The number of hydrogen-bond donors (Lipinski definition) is 3. The van der Waals surface area contributed by atoms with Gasteiger partial charge in [-0.05, 0) is 50.1 Å². The van der Waals surface area contributed by atoms with Crippen LogP contribution in [0.2, 0.25) is 0 Å². The Morgan fingerprint density at radius 3 is 2.88 bits per heavy atom. The van der Waals surface area contributed by atoms with Crippen molar-refractivity contribution >= 4 is 50.9 Å². The molecule has 0 radical (unpaired) electrons. The first kappa shape index (κ1) is 20.8. The molecular weight excluding hydrogens is 422 g/mol. The number of carbonyl (C=O) groups excluding carboxylic acids is 1. The van der Waals surface area contributed by atoms with Gasteiger partial charge in [0.15, 0.2) is 0 Å². The number of anilines is 3. The summed E-state index contributed by atoms with van der Waals surface area (Å²) in [4.78, 5) is 28.7. The molecule has 1 atom stereocenters. The highest BCUT2D eigenvalue weighted by atomic mass is 32.1. The number of amides is 1. The van der Waals surface area contributed by atoms with Gasteiger partial charge in [0.05, 0.1) is 5.39 Å². The molecule has 1 aliphatic carbocycles. The van der Waals surface area contributed by atoms with E-state index in [2.05, 4.69) is 27.2 Å². The van der Waals surface area contributed by atoms with Gasteiger partial charge < -0.3 is 26.3 Å². The van der Waals surface area contributed by atoms with Gasteiger partial charge >= 0.3 is 0 Å². The summed E-state index contributed by atoms with van der Waals surface area (Å²) in [5.74, 6) is 1.11. The number of aryl methyl sites for hydroxylation is 1. The van der Waals surface area contributed by atoms with E-state index in [1.807, 2.05) is 17.0 Å². The Kier molecular flexibility index (Phi) is 5.52. The molecule has 2 aliphatic rings. The summed E-state index contributed by atoms with van der Waals surface area (Å²) in [6, 6.07) is 5.53. The average Bonchev–Trinajstić information content (AvgIpc) is 3.19. The fourth-order valence-electron chi connectivity index (χ4n) is 4.62. The van der Waals surface area contributed by atoms with Gasteiger partial charge in [0, 0.05) is 60.1 Å². The lowest BCUT2D eigenvalue weighted by Crippen LogP contribution is -2.49. The molecule has 3 aromatic rings. The smallest absolute Gasteiger partial charge is 0.226 e. The molecule has 1 aromatic carbocycles. The molecule has 1 saturated heterocycles. The predicted molar refractivity (Wildman–Crippen MR) is 129 cm³/mol. The third kappa shape index (κ3) is 3.82. The molecule has 4 N–H and O–H groups in total. The summed E-state index contributed by atoms with van der Waals surface area (Å²) in [5, 5.41) is 12.0. The molecule has 5 rings (SSSR count). The van der Waals surface area contributed by atoms with E-state index >= 15 is 0 Å². The van der Waals surface area contributed by atoms with Gasteiger partial charge in [0.2, 0.25) is 5.91 Å². The van der Waals surface area contributed by atoms with Crippen LogP contribution in [0.1, 0.15) is 22.4 Å². The average molecular weight is 450 g/mol. The third-order valence-corrected chi connectivity index (χ3v) is 7.68. The van der Waals surface area contributed by atoms with E-state index < -0.39 is 0 Å². The van der Waals surface area contributed by atoms with E-state index in [1.54, 1.807) is 23.7 Å². The Morgan fingerprint density at radius 2 is 2.09 bits per heavy atom. The topological polar surface area (TPSA) is 111 Å². The van der Waals surface area contributed by atoms with Crippen molar-refractivity contribution in [3.63, 3.8) is 0 Å². The summed E-state index contributed by atoms with van der Waals surface area (Å²) in [6.07, 6.45) is 5.32. The number of hydrogen-bond acceptors (Lipinski definition) is 8. The Morgan fingerprint density at radius 1 is 1.28 bits per heavy atom. The molecule has 1 unspecified atom stereocenters. The van der Waals surface area contributed by atoms with E-state index in [0.29, 0.717) is 17.2 Å². The number of nitrogens with two attached hydrogens (primary N) is 1. The van der Waals surface area contributed by atoms with E-state index in [4.69, 9.17) is 11.1 Å². The number of nitrogens with one attached hydrogen (secondary N) is 2. The summed E-state index contributed by atoms with van der Waals surface area (Å²) in [6.45, 7) is 3.54. The minimum absolute atomic E-state index is 0.0515. The summed E-state index contributed by atoms with van der Waals surface area (Å²) >= 11 is 1.68. The van der Waals surface area contributed by atoms with Crippen molar-refractivity contribution in [2.24, 2.45) is 5.92 Å². The Balaban J connectivity index is 1.40. The largest absolute Gasteiger partial charge is 0.398 e. The van der Waals surface area contributed by atoms with Crippen molar-refractivity contribution in [3.8, 4) is 0 Å². The number of rotatable bonds is 4. The number of piperazine rings is 1. The van der Waals surface area contributed by atoms with Crippen molar-refractivity contribution in [3.05, 3.63) is 40.5 Å². The van der Waals surface area contributed by atoms with Gasteiger partial charge in [-0.2, -0.15) is 0 Å². The van der Waals surface area contributed by atoms with Crippen LogP contribution in [-0.2, 0) is 17.6 Å². The van der Waals surface area contributed by atoms with Crippen LogP contribution in [0.4, 0.5) is 17.2 Å². The molecule has 9 heteroatoms. The van der Waals surface area contributed by atoms with Crippen molar-refractivity contribution in [1.82, 2.24) is 19.8 Å². The number of nitrogens with zero attached hydrogens (tertiary/aromatic N) is 4. The van der Waals surface area contributed by atoms with Crippen LogP contribution in [0.5, 0.6) is 0 Å². The number of carbonyl (C=O) groups is 1. The lowest BCUT2D eigenvalue weighted by atomic mass is 9.86. The van der Waals surface area contributed by atoms with Crippen LogP contribution in [-0.4, -0.2) is 65.1 Å². The fraction of sp³-hybridized carbons (Fsp3) is 0.391. The number of benzene rings is 1. The second-order valence-electron chi connectivity index (χ2n) is 8.59. The number of likely N-dealkylation sites (N-methyl/N-ethyl adjacent to an activating group) is 1. The SMILES string of the molecule is CN1CCN(C(=O)C2CCc3c(sc4ncnc(Nc5ccc(N)c(C=N)c5)c34)C2)CC1. The molecule has 3 heterocycles. The molecule has 0 spiro atoms. The molecule has 32 heavy (non-hydrogen) atoms. The lowest BCUT2D eigenvalue weighted by Gasteiger charge is -2.35. The van der Waals surface area contributed by atoms with E-state index in [9.17, 15) is 4.79 Å².